The molecule has 0 fully saturated rings. The van der Waals surface area contributed by atoms with Gasteiger partial charge in [0.2, 0.25) is 0 Å². The van der Waals surface area contributed by atoms with E-state index in [2.05, 4.69) is 5.92 Å². The molecule has 0 aromatic carbocycles. The first-order chi connectivity index (χ1) is 5.31. The second-order valence-corrected chi connectivity index (χ2v) is 2.15. The Morgan fingerprint density at radius 1 is 1.64 bits per heavy atom. The van der Waals surface area contributed by atoms with Gasteiger partial charge in [-0.1, -0.05) is 29.7 Å². The molecule has 0 amide bonds. The Morgan fingerprint density at radius 2 is 2.36 bits per heavy atom. The van der Waals surface area contributed by atoms with Crippen LogP contribution in [0.4, 0.5) is 0 Å². The van der Waals surface area contributed by atoms with Gasteiger partial charge in [0.1, 0.15) is 6.61 Å². The monoisotopic (exact) mass is 150 g/mol. The molecule has 0 bridgehead atoms. The first kappa shape index (κ1) is 10.0. The van der Waals surface area contributed by atoms with Crippen LogP contribution < -0.4 is 0 Å². The van der Waals surface area contributed by atoms with Crippen molar-refractivity contribution in [2.75, 3.05) is 13.2 Å². The van der Waals surface area contributed by atoms with Gasteiger partial charge in [0.15, 0.2) is 0 Å². The van der Waals surface area contributed by atoms with Crippen molar-refractivity contribution in [1.82, 2.24) is 0 Å². The molecule has 0 aliphatic rings. The average Bonchev–Trinajstić information content (AvgIpc) is 2.04. The van der Waals surface area contributed by atoms with Crippen molar-refractivity contribution in [2.45, 2.75) is 13.8 Å². The number of rotatable bonds is 4. The van der Waals surface area contributed by atoms with Crippen LogP contribution in [0.2, 0.25) is 0 Å². The molecule has 0 aromatic heterocycles. The maximum atomic E-state index is 5.03. The molecule has 0 aliphatic carbocycles. The maximum Gasteiger partial charge on any atom is 0.107 e. The molecule has 0 spiro atoms. The van der Waals surface area contributed by atoms with Crippen LogP contribution >= 0.6 is 0 Å². The predicted octanol–water partition coefficient (Wildman–Crippen LogP) is 2.16. The molecule has 1 heteroatoms. The molecule has 0 N–H and O–H groups in total. The summed E-state index contributed by atoms with van der Waals surface area (Å²) in [7, 11) is 0. The summed E-state index contributed by atoms with van der Waals surface area (Å²) < 4.78 is 5.03. The highest BCUT2D eigenvalue weighted by molar-refractivity contribution is 5.14. The van der Waals surface area contributed by atoms with Crippen molar-refractivity contribution in [1.29, 1.82) is 0 Å². The van der Waals surface area contributed by atoms with Gasteiger partial charge >= 0.3 is 0 Å². The minimum Gasteiger partial charge on any atom is -0.365 e. The van der Waals surface area contributed by atoms with Gasteiger partial charge in [-0.25, -0.2) is 0 Å². The molecule has 1 nitrogen and oxygen atoms in total. The van der Waals surface area contributed by atoms with Crippen molar-refractivity contribution in [2.24, 2.45) is 0 Å². The highest BCUT2D eigenvalue weighted by atomic mass is 16.5. The summed E-state index contributed by atoms with van der Waals surface area (Å²) >= 11 is 0. The smallest absolute Gasteiger partial charge is 0.107 e. The third-order valence-electron chi connectivity index (χ3n) is 1.24. The molecule has 0 saturated heterocycles. The molecule has 0 radical (unpaired) electrons. The highest BCUT2D eigenvalue weighted by Crippen LogP contribution is 1.92. The predicted molar refractivity (Wildman–Crippen MR) is 48.2 cm³/mol. The maximum absolute atomic E-state index is 5.03. The first-order valence-corrected chi connectivity index (χ1v) is 3.62. The van der Waals surface area contributed by atoms with Gasteiger partial charge in [0, 0.05) is 0 Å². The minimum absolute atomic E-state index is 0.388. The van der Waals surface area contributed by atoms with E-state index in [0.29, 0.717) is 13.2 Å². The second kappa shape index (κ2) is 7.11. The topological polar surface area (TPSA) is 9.23 Å². The normalized spacial score (nSPS) is 11.9. The largest absolute Gasteiger partial charge is 0.365 e. The molecule has 60 valence electrons. The molecule has 0 aromatic rings. The number of terminal acetylenes is 1. The Hall–Kier alpha value is -1.00. The fraction of sp³-hybridized carbons (Fsp3) is 0.400. The Labute approximate surface area is 68.8 Å². The molecule has 0 saturated carbocycles. The minimum atomic E-state index is 0.388. The molecule has 0 unspecified atom stereocenters. The Kier molecular flexibility index (Phi) is 6.46. The Bertz CT molecular complexity index is 182. The number of ether oxygens (including phenoxy) is 1. The molecule has 0 heterocycles. The van der Waals surface area contributed by atoms with Crippen LogP contribution in [-0.2, 0) is 4.74 Å². The van der Waals surface area contributed by atoms with Gasteiger partial charge in [-0.3, -0.25) is 0 Å². The molecular formula is C10H14O. The van der Waals surface area contributed by atoms with Crippen LogP contribution in [0.3, 0.4) is 0 Å². The van der Waals surface area contributed by atoms with Crippen LogP contribution in [0.1, 0.15) is 13.8 Å². The highest BCUT2D eigenvalue weighted by Gasteiger charge is 1.78. The molecule has 0 rings (SSSR count). The van der Waals surface area contributed by atoms with Gasteiger partial charge in [0.05, 0.1) is 6.61 Å². The van der Waals surface area contributed by atoms with E-state index in [-0.39, 0.29) is 0 Å². The average molecular weight is 150 g/mol. The van der Waals surface area contributed by atoms with Gasteiger partial charge in [-0.15, -0.1) is 6.42 Å². The van der Waals surface area contributed by atoms with Crippen LogP contribution in [0.15, 0.2) is 23.8 Å². The van der Waals surface area contributed by atoms with Gasteiger partial charge in [-0.2, -0.15) is 0 Å². The Balaban J connectivity index is 3.39. The number of hydrogen-bond donors (Lipinski definition) is 0. The number of hydrogen-bond acceptors (Lipinski definition) is 1. The van der Waals surface area contributed by atoms with Crippen LogP contribution in [0, 0.1) is 12.3 Å². The van der Waals surface area contributed by atoms with Crippen molar-refractivity contribution in [3.63, 3.8) is 0 Å². The first-order valence-electron chi connectivity index (χ1n) is 3.62. The lowest BCUT2D eigenvalue weighted by Crippen LogP contribution is -1.89. The summed E-state index contributed by atoms with van der Waals surface area (Å²) in [6.07, 6.45) is 11.0. The molecule has 11 heavy (non-hydrogen) atoms. The van der Waals surface area contributed by atoms with Gasteiger partial charge < -0.3 is 4.74 Å². The van der Waals surface area contributed by atoms with E-state index in [1.807, 2.05) is 32.1 Å². The summed E-state index contributed by atoms with van der Waals surface area (Å²) in [6, 6.07) is 0. The van der Waals surface area contributed by atoms with E-state index in [9.17, 15) is 0 Å². The fourth-order valence-corrected chi connectivity index (χ4v) is 0.516. The fourth-order valence-electron chi connectivity index (χ4n) is 0.516. The van der Waals surface area contributed by atoms with Crippen LogP contribution in [0.5, 0.6) is 0 Å². The van der Waals surface area contributed by atoms with Gasteiger partial charge in [-0.05, 0) is 13.8 Å². The third kappa shape index (κ3) is 6.89. The lowest BCUT2D eigenvalue weighted by atomic mass is 10.3. The molecule has 0 aliphatic heterocycles. The number of allylic oxidation sites excluding steroid dienone is 3. The standard InChI is InChI=1S/C10H14O/c1-4-8-11-9-6-7-10(3)5-2/h1,5-7H,8-9H2,2-3H3/b7-6+,10-5+. The van der Waals surface area contributed by atoms with Crippen molar-refractivity contribution in [3.05, 3.63) is 23.8 Å². The quantitative estimate of drug-likeness (QED) is 0.339. The van der Waals surface area contributed by atoms with E-state index >= 15 is 0 Å². The summed E-state index contributed by atoms with van der Waals surface area (Å²) in [6.45, 7) is 5.02. The summed E-state index contributed by atoms with van der Waals surface area (Å²) in [4.78, 5) is 0. The zero-order chi connectivity index (χ0) is 8.53. The van der Waals surface area contributed by atoms with Crippen LogP contribution in [-0.4, -0.2) is 13.2 Å². The lowest BCUT2D eigenvalue weighted by molar-refractivity contribution is 0.199. The summed E-state index contributed by atoms with van der Waals surface area (Å²) in [5.41, 5.74) is 1.23. The second-order valence-electron chi connectivity index (χ2n) is 2.15. The Morgan fingerprint density at radius 3 is 2.91 bits per heavy atom. The van der Waals surface area contributed by atoms with E-state index in [4.69, 9.17) is 11.2 Å². The van der Waals surface area contributed by atoms with Crippen molar-refractivity contribution < 1.29 is 4.74 Å². The van der Waals surface area contributed by atoms with Crippen LogP contribution in [0.25, 0.3) is 0 Å². The SMILES string of the molecule is C#CCOC/C=C/C(C)=C/C. The third-order valence-corrected chi connectivity index (χ3v) is 1.24. The lowest BCUT2D eigenvalue weighted by Gasteiger charge is -1.92. The van der Waals surface area contributed by atoms with E-state index in [1.54, 1.807) is 0 Å². The zero-order valence-electron chi connectivity index (χ0n) is 7.13. The van der Waals surface area contributed by atoms with Crippen molar-refractivity contribution in [3.8, 4) is 12.3 Å². The summed E-state index contributed by atoms with van der Waals surface area (Å²) in [5.74, 6) is 2.40. The van der Waals surface area contributed by atoms with Crippen molar-refractivity contribution >= 4 is 0 Å². The van der Waals surface area contributed by atoms with E-state index in [1.165, 1.54) is 5.57 Å². The van der Waals surface area contributed by atoms with E-state index in [0.717, 1.165) is 0 Å². The molecule has 0 atom stereocenters. The summed E-state index contributed by atoms with van der Waals surface area (Å²) in [5, 5.41) is 0. The zero-order valence-corrected chi connectivity index (χ0v) is 7.13. The molecular weight excluding hydrogens is 136 g/mol. The van der Waals surface area contributed by atoms with E-state index < -0.39 is 0 Å². The van der Waals surface area contributed by atoms with Gasteiger partial charge in [0.25, 0.3) is 0 Å².